The Kier molecular flexibility index (Phi) is 2.27. The van der Waals surface area contributed by atoms with E-state index in [4.69, 9.17) is 5.73 Å². The van der Waals surface area contributed by atoms with E-state index in [1.54, 1.807) is 0 Å². The molecule has 0 saturated carbocycles. The van der Waals surface area contributed by atoms with Crippen LogP contribution in [0.4, 0.5) is 4.79 Å². The minimum Gasteiger partial charge on any atom is -0.350 e. The second kappa shape index (κ2) is 3.21. The van der Waals surface area contributed by atoms with Crippen LogP contribution >= 0.6 is 0 Å². The van der Waals surface area contributed by atoms with E-state index < -0.39 is 11.7 Å². The predicted octanol–water partition coefficient (Wildman–Crippen LogP) is -0.618. The van der Waals surface area contributed by atoms with Crippen molar-refractivity contribution in [3.8, 4) is 0 Å². The van der Waals surface area contributed by atoms with Crippen molar-refractivity contribution in [2.75, 3.05) is 0 Å². The molecule has 0 aromatic carbocycles. The van der Waals surface area contributed by atoms with Crippen LogP contribution in [0.15, 0.2) is 11.1 Å². The van der Waals surface area contributed by atoms with Gasteiger partial charge in [0.25, 0.3) is 0 Å². The van der Waals surface area contributed by atoms with E-state index in [1.807, 2.05) is 6.92 Å². The quantitative estimate of drug-likeness (QED) is 0.642. The number of amides is 1. The number of primary amides is 1. The normalized spacial score (nSPS) is 10.1. The maximum Gasteiger partial charge on any atom is 0.354 e. The van der Waals surface area contributed by atoms with E-state index >= 15 is 0 Å². The van der Waals surface area contributed by atoms with E-state index in [0.29, 0.717) is 11.2 Å². The van der Waals surface area contributed by atoms with Gasteiger partial charge in [0.05, 0.1) is 0 Å². The van der Waals surface area contributed by atoms with Crippen LogP contribution in [-0.2, 0) is 6.54 Å². The highest BCUT2D eigenvalue weighted by atomic mass is 16.2. The van der Waals surface area contributed by atoms with Crippen LogP contribution < -0.4 is 11.4 Å². The van der Waals surface area contributed by atoms with Crippen molar-refractivity contribution in [3.63, 3.8) is 0 Å². The molecule has 66 valence electrons. The Hall–Kier alpha value is -1.59. The number of rotatable bonds is 2. The first-order chi connectivity index (χ1) is 5.66. The van der Waals surface area contributed by atoms with Gasteiger partial charge in [0.2, 0.25) is 0 Å². The summed E-state index contributed by atoms with van der Waals surface area (Å²) in [6.45, 7) is 2.47. The molecule has 1 aromatic heterocycles. The zero-order chi connectivity index (χ0) is 9.14. The van der Waals surface area contributed by atoms with Crippen molar-refractivity contribution in [2.45, 2.75) is 19.9 Å². The van der Waals surface area contributed by atoms with Gasteiger partial charge in [-0.15, -0.1) is 9.78 Å². The van der Waals surface area contributed by atoms with Crippen molar-refractivity contribution in [1.29, 1.82) is 0 Å². The topological polar surface area (TPSA) is 82.9 Å². The number of carbonyl (C=O) groups excluding carboxylic acids is 1. The van der Waals surface area contributed by atoms with E-state index in [2.05, 4.69) is 5.10 Å². The molecule has 0 radical (unpaired) electrons. The van der Waals surface area contributed by atoms with Crippen LogP contribution in [0.25, 0.3) is 0 Å². The molecule has 6 heteroatoms. The number of hydrogen-bond acceptors (Lipinski definition) is 3. The molecule has 1 rings (SSSR count). The Morgan fingerprint density at radius 2 is 2.42 bits per heavy atom. The summed E-state index contributed by atoms with van der Waals surface area (Å²) in [6.07, 6.45) is 2.11. The van der Waals surface area contributed by atoms with Gasteiger partial charge in [0.1, 0.15) is 6.33 Å². The monoisotopic (exact) mass is 170 g/mol. The van der Waals surface area contributed by atoms with Crippen LogP contribution in [-0.4, -0.2) is 20.4 Å². The molecular weight excluding hydrogens is 160 g/mol. The molecule has 0 aliphatic carbocycles. The van der Waals surface area contributed by atoms with Gasteiger partial charge in [-0.1, -0.05) is 6.92 Å². The summed E-state index contributed by atoms with van der Waals surface area (Å²) in [5, 5.41) is 3.53. The van der Waals surface area contributed by atoms with Crippen molar-refractivity contribution in [1.82, 2.24) is 14.3 Å². The predicted molar refractivity (Wildman–Crippen MR) is 41.8 cm³/mol. The third-order valence-corrected chi connectivity index (χ3v) is 1.41. The Labute approximate surface area is 68.6 Å². The van der Waals surface area contributed by atoms with Crippen molar-refractivity contribution in [3.05, 3.63) is 16.8 Å². The Balaban J connectivity index is 3.05. The van der Waals surface area contributed by atoms with Gasteiger partial charge in [0.15, 0.2) is 0 Å². The summed E-state index contributed by atoms with van der Waals surface area (Å²) < 4.78 is 1.97. The number of aromatic nitrogens is 3. The highest BCUT2D eigenvalue weighted by molar-refractivity contribution is 5.73. The smallest absolute Gasteiger partial charge is 0.350 e. The van der Waals surface area contributed by atoms with E-state index in [1.165, 1.54) is 10.9 Å². The average molecular weight is 170 g/mol. The van der Waals surface area contributed by atoms with Gasteiger partial charge in [-0.2, -0.15) is 0 Å². The highest BCUT2D eigenvalue weighted by Crippen LogP contribution is 1.83. The minimum atomic E-state index is -0.852. The molecule has 0 atom stereocenters. The molecule has 0 aliphatic rings. The Morgan fingerprint density at radius 3 is 2.83 bits per heavy atom. The van der Waals surface area contributed by atoms with Crippen molar-refractivity contribution >= 4 is 6.03 Å². The molecule has 12 heavy (non-hydrogen) atoms. The first-order valence-corrected chi connectivity index (χ1v) is 3.61. The zero-order valence-electron chi connectivity index (χ0n) is 6.73. The second-order valence-electron chi connectivity index (χ2n) is 2.36. The molecular formula is C6H10N4O2. The van der Waals surface area contributed by atoms with Gasteiger partial charge in [-0.25, -0.2) is 9.59 Å². The molecule has 0 aliphatic heterocycles. The third kappa shape index (κ3) is 1.36. The number of aryl methyl sites for hydroxylation is 1. The van der Waals surface area contributed by atoms with Gasteiger partial charge in [-0.3, -0.25) is 4.57 Å². The summed E-state index contributed by atoms with van der Waals surface area (Å²) in [5.41, 5.74) is 4.39. The molecule has 6 nitrogen and oxygen atoms in total. The zero-order valence-corrected chi connectivity index (χ0v) is 6.73. The SMILES string of the molecule is CCCn1cnn(C(N)=O)c1=O. The number of nitrogens with two attached hydrogens (primary N) is 1. The summed E-state index contributed by atoms with van der Waals surface area (Å²) in [6, 6.07) is -0.852. The number of nitrogens with zero attached hydrogens (tertiary/aromatic N) is 3. The summed E-state index contributed by atoms with van der Waals surface area (Å²) in [5.74, 6) is 0. The van der Waals surface area contributed by atoms with E-state index in [9.17, 15) is 9.59 Å². The van der Waals surface area contributed by atoms with Gasteiger partial charge < -0.3 is 5.73 Å². The Bertz CT molecular complexity index is 338. The van der Waals surface area contributed by atoms with Crippen LogP contribution in [0.5, 0.6) is 0 Å². The van der Waals surface area contributed by atoms with Crippen molar-refractivity contribution < 1.29 is 4.79 Å². The maximum absolute atomic E-state index is 11.2. The lowest BCUT2D eigenvalue weighted by Gasteiger charge is -1.93. The fourth-order valence-corrected chi connectivity index (χ4v) is 0.880. The minimum absolute atomic E-state index is 0.482. The summed E-state index contributed by atoms with van der Waals surface area (Å²) in [7, 11) is 0. The summed E-state index contributed by atoms with van der Waals surface area (Å²) in [4.78, 5) is 21.7. The molecule has 0 saturated heterocycles. The molecule has 2 N–H and O–H groups in total. The van der Waals surface area contributed by atoms with Crippen molar-refractivity contribution in [2.24, 2.45) is 5.73 Å². The molecule has 0 bridgehead atoms. The summed E-state index contributed by atoms with van der Waals surface area (Å²) >= 11 is 0. The number of carbonyl (C=O) groups is 1. The lowest BCUT2D eigenvalue weighted by atomic mass is 10.5. The molecule has 0 spiro atoms. The largest absolute Gasteiger partial charge is 0.354 e. The highest BCUT2D eigenvalue weighted by Gasteiger charge is 2.07. The Morgan fingerprint density at radius 1 is 1.75 bits per heavy atom. The van der Waals surface area contributed by atoms with E-state index in [-0.39, 0.29) is 0 Å². The van der Waals surface area contributed by atoms with Crippen LogP contribution in [0, 0.1) is 0 Å². The van der Waals surface area contributed by atoms with Gasteiger partial charge in [0, 0.05) is 6.54 Å². The lowest BCUT2D eigenvalue weighted by molar-refractivity contribution is 0.246. The molecule has 0 fully saturated rings. The third-order valence-electron chi connectivity index (χ3n) is 1.41. The van der Waals surface area contributed by atoms with Gasteiger partial charge in [-0.05, 0) is 6.42 Å². The first-order valence-electron chi connectivity index (χ1n) is 3.61. The fraction of sp³-hybridized carbons (Fsp3) is 0.500. The maximum atomic E-state index is 11.2. The van der Waals surface area contributed by atoms with E-state index in [0.717, 1.165) is 6.42 Å². The second-order valence-corrected chi connectivity index (χ2v) is 2.36. The molecule has 1 heterocycles. The van der Waals surface area contributed by atoms with Crippen LogP contribution in [0.2, 0.25) is 0 Å². The lowest BCUT2D eigenvalue weighted by Crippen LogP contribution is -2.33. The molecule has 0 unspecified atom stereocenters. The average Bonchev–Trinajstić information content (AvgIpc) is 2.34. The number of hydrogen-bond donors (Lipinski definition) is 1. The van der Waals surface area contributed by atoms with Crippen LogP contribution in [0.1, 0.15) is 13.3 Å². The first kappa shape index (κ1) is 8.51. The molecule has 1 amide bonds. The van der Waals surface area contributed by atoms with Crippen LogP contribution in [0.3, 0.4) is 0 Å². The fourth-order valence-electron chi connectivity index (χ4n) is 0.880. The standard InChI is InChI=1S/C6H10N4O2/c1-2-3-9-4-8-10(5(7)11)6(9)12/h4H,2-3H2,1H3,(H2,7,11). The molecule has 1 aromatic rings. The van der Waals surface area contributed by atoms with Gasteiger partial charge >= 0.3 is 11.7 Å².